The first kappa shape index (κ1) is 47.9. The molecule has 15 nitrogen and oxygen atoms in total. The van der Waals surface area contributed by atoms with Crippen LogP contribution in [0, 0.1) is 23.0 Å². The van der Waals surface area contributed by atoms with Crippen molar-refractivity contribution in [2.45, 2.75) is 102 Å². The Morgan fingerprint density at radius 3 is 2.41 bits per heavy atom. The zero-order chi connectivity index (χ0) is 50.4. The molecule has 5 aromatic rings. The molecule has 73 heavy (non-hydrogen) atoms. The number of ether oxygens (including phenoxy) is 2. The summed E-state index contributed by atoms with van der Waals surface area (Å²) in [5.74, 6) is -0.781. The number of benzene rings is 3. The molecule has 2 N–H and O–H groups in total. The van der Waals surface area contributed by atoms with E-state index in [1.54, 1.807) is 23.2 Å². The molecule has 1 saturated carbocycles. The number of phenolic OH excluding ortho intramolecular Hbond substituents is 1. The van der Waals surface area contributed by atoms with Crippen molar-refractivity contribution in [1.82, 2.24) is 30.1 Å². The smallest absolute Gasteiger partial charge is 0.319 e. The van der Waals surface area contributed by atoms with Crippen LogP contribution in [0.3, 0.4) is 0 Å². The molecule has 1 spiro atoms. The molecule has 1 unspecified atom stereocenters. The van der Waals surface area contributed by atoms with Crippen molar-refractivity contribution in [3.63, 3.8) is 0 Å². The lowest BCUT2D eigenvalue weighted by molar-refractivity contribution is -0.151. The Kier molecular flexibility index (Phi) is 12.1. The fourth-order valence-electron chi connectivity index (χ4n) is 12.8. The predicted octanol–water partition coefficient (Wildman–Crippen LogP) is 7.27. The molecule has 17 heteroatoms. The van der Waals surface area contributed by atoms with Gasteiger partial charge in [0, 0.05) is 93.7 Å². The number of halogens is 2. The van der Waals surface area contributed by atoms with Crippen molar-refractivity contribution in [2.24, 2.45) is 11.3 Å². The fraction of sp³-hybridized carbons (Fsp3) is 0.536. The quantitative estimate of drug-likeness (QED) is 0.121. The van der Waals surface area contributed by atoms with E-state index in [0.29, 0.717) is 65.0 Å². The van der Waals surface area contributed by atoms with E-state index in [1.807, 2.05) is 26.8 Å². The number of hydrogen-bond donors (Lipinski definition) is 2. The van der Waals surface area contributed by atoms with E-state index in [9.17, 15) is 19.5 Å². The first-order chi connectivity index (χ1) is 35.2. The minimum atomic E-state index is -0.783. The number of carbonyl (C=O) groups is 3. The summed E-state index contributed by atoms with van der Waals surface area (Å²) in [6.45, 7) is 15.9. The van der Waals surface area contributed by atoms with Crippen LogP contribution in [-0.4, -0.2) is 138 Å². The van der Waals surface area contributed by atoms with Gasteiger partial charge in [-0.15, -0.1) is 0 Å². The van der Waals surface area contributed by atoms with Gasteiger partial charge in [0.25, 0.3) is 0 Å². The molecule has 2 atom stereocenters. The monoisotopic (exact) mass is 998 g/mol. The number of likely N-dealkylation sites (tertiary alicyclic amines) is 1. The van der Waals surface area contributed by atoms with Gasteiger partial charge in [-0.2, -0.15) is 9.97 Å². The molecule has 384 valence electrons. The van der Waals surface area contributed by atoms with E-state index >= 15 is 8.78 Å². The summed E-state index contributed by atoms with van der Waals surface area (Å²) >= 11 is 0. The fourth-order valence-corrected chi connectivity index (χ4v) is 12.8. The molecule has 2 aromatic heterocycles. The van der Waals surface area contributed by atoms with E-state index < -0.39 is 29.0 Å². The molecule has 6 aliphatic heterocycles. The number of imide groups is 1. The van der Waals surface area contributed by atoms with E-state index in [4.69, 9.17) is 19.4 Å². The number of nitrogens with zero attached hydrogens (tertiary/aromatic N) is 8. The molecule has 0 bridgehead atoms. The van der Waals surface area contributed by atoms with E-state index in [0.717, 1.165) is 127 Å². The van der Waals surface area contributed by atoms with Crippen molar-refractivity contribution in [2.75, 3.05) is 93.4 Å². The van der Waals surface area contributed by atoms with Gasteiger partial charge in [-0.3, -0.25) is 34.5 Å². The number of anilines is 3. The van der Waals surface area contributed by atoms with Crippen LogP contribution in [-0.2, 0) is 31.0 Å². The van der Waals surface area contributed by atoms with Gasteiger partial charge < -0.3 is 29.3 Å². The average Bonchev–Trinajstić information content (AvgIpc) is 4.12. The summed E-state index contributed by atoms with van der Waals surface area (Å²) in [5.41, 5.74) is 2.48. The van der Waals surface area contributed by atoms with Crippen molar-refractivity contribution in [1.29, 1.82) is 0 Å². The number of nitrogens with one attached hydrogen (secondary N) is 1. The molecule has 12 rings (SSSR count). The largest absolute Gasteiger partial charge is 0.508 e. The summed E-state index contributed by atoms with van der Waals surface area (Å²) in [6, 6.07) is 11.6. The topological polar surface area (TPSA) is 157 Å². The summed E-state index contributed by atoms with van der Waals surface area (Å²) in [6.07, 6.45) is 9.67. The maximum Gasteiger partial charge on any atom is 0.319 e. The Morgan fingerprint density at radius 2 is 1.68 bits per heavy atom. The lowest BCUT2D eigenvalue weighted by Gasteiger charge is -2.48. The van der Waals surface area contributed by atoms with Crippen LogP contribution in [0.5, 0.6) is 11.8 Å². The van der Waals surface area contributed by atoms with Gasteiger partial charge >= 0.3 is 6.01 Å². The number of pyridine rings is 1. The van der Waals surface area contributed by atoms with Crippen LogP contribution in [0.1, 0.15) is 89.7 Å². The molecule has 3 amide bonds. The number of phenols is 1. The Hall–Kier alpha value is -6.04. The normalized spacial score (nSPS) is 24.4. The second-order valence-electron chi connectivity index (χ2n) is 22.6. The number of piperazine rings is 1. The van der Waals surface area contributed by atoms with Crippen LogP contribution in [0.4, 0.5) is 26.0 Å². The number of rotatable bonds is 12. The number of hydrogen-bond acceptors (Lipinski definition) is 13. The molecule has 5 saturated heterocycles. The maximum atomic E-state index is 17.3. The van der Waals surface area contributed by atoms with Gasteiger partial charge in [-0.05, 0) is 143 Å². The number of amides is 3. The molecular weight excluding hydrogens is 933 g/mol. The van der Waals surface area contributed by atoms with Gasteiger partial charge in [-0.25, -0.2) is 8.78 Å². The third kappa shape index (κ3) is 8.72. The van der Waals surface area contributed by atoms with Crippen LogP contribution >= 0.6 is 0 Å². The van der Waals surface area contributed by atoms with Crippen molar-refractivity contribution in [3.8, 4) is 23.0 Å². The van der Waals surface area contributed by atoms with Crippen molar-refractivity contribution in [3.05, 3.63) is 71.4 Å². The average molecular weight is 998 g/mol. The second kappa shape index (κ2) is 18.4. The number of aromatic hydroxyl groups is 1. The molecule has 7 aliphatic rings. The van der Waals surface area contributed by atoms with Crippen LogP contribution in [0.25, 0.3) is 32.9 Å². The van der Waals surface area contributed by atoms with Gasteiger partial charge in [0.15, 0.2) is 5.82 Å². The highest BCUT2D eigenvalue weighted by atomic mass is 19.1. The molecule has 0 radical (unpaired) electrons. The lowest BCUT2D eigenvalue weighted by atomic mass is 9.86. The SMILES string of the molecule is CCc1c(F)ccc2cc(O)cc(-c3ncc4c(N5CCC[C@]6(CCO6)C5)nc(OCC5(CN6CCC(CN7CCN(c8ccc9c(c8)C(C)(C)C(=O)N9C8CCC(=O)NC8=O)CC7)CC6)CC5)nc4c3F)c12. The summed E-state index contributed by atoms with van der Waals surface area (Å²) in [7, 11) is 0. The summed E-state index contributed by atoms with van der Waals surface area (Å²) < 4.78 is 45.1. The Morgan fingerprint density at radius 1 is 0.890 bits per heavy atom. The van der Waals surface area contributed by atoms with E-state index in [1.165, 1.54) is 12.1 Å². The Bertz CT molecular complexity index is 3040. The van der Waals surface area contributed by atoms with Crippen molar-refractivity contribution >= 4 is 56.6 Å². The van der Waals surface area contributed by atoms with Crippen LogP contribution in [0.15, 0.2) is 48.7 Å². The first-order valence-electron chi connectivity index (χ1n) is 26.5. The van der Waals surface area contributed by atoms with Crippen molar-refractivity contribution < 1.29 is 37.7 Å². The summed E-state index contributed by atoms with van der Waals surface area (Å²) in [5, 5.41) is 14.8. The Balaban J connectivity index is 0.693. The number of carbonyl (C=O) groups excluding carboxylic acids is 3. The number of piperidine rings is 3. The molecule has 6 fully saturated rings. The van der Waals surface area contributed by atoms with Gasteiger partial charge in [0.05, 0.1) is 29.6 Å². The minimum Gasteiger partial charge on any atom is -0.508 e. The zero-order valence-corrected chi connectivity index (χ0v) is 42.2. The van der Waals surface area contributed by atoms with E-state index in [-0.39, 0.29) is 52.2 Å². The van der Waals surface area contributed by atoms with Gasteiger partial charge in [0.2, 0.25) is 17.7 Å². The van der Waals surface area contributed by atoms with Gasteiger partial charge in [0.1, 0.15) is 34.6 Å². The predicted molar refractivity (Wildman–Crippen MR) is 274 cm³/mol. The summed E-state index contributed by atoms with van der Waals surface area (Å²) in [4.78, 5) is 64.1. The van der Waals surface area contributed by atoms with Crippen LogP contribution < -0.4 is 24.8 Å². The van der Waals surface area contributed by atoms with E-state index in [2.05, 4.69) is 42.0 Å². The van der Waals surface area contributed by atoms with Crippen LogP contribution in [0.2, 0.25) is 0 Å². The third-order valence-corrected chi connectivity index (χ3v) is 17.4. The number of aryl methyl sites for hydroxylation is 1. The minimum absolute atomic E-state index is 0.0207. The molecular formula is C56H65F2N9O6. The third-order valence-electron chi connectivity index (χ3n) is 17.4. The standard InChI is InChI=1S/C56H65F2N9O6/c1-4-38-42(57)8-6-35-26-37(68)28-39(46(35)38)48-47(58)49-40(29-59-48)50(66-18-5-14-56(32-66)17-25-73-56)62-53(61-49)72-33-55(15-16-55)31-64-19-12-34(13-20-64)30-63-21-23-65(24-22-63)36-7-9-43-41(27-36)54(2,3)52(71)67(43)44-10-11-45(69)60-51(44)70/h6-9,26-29,34,44,68H,4-5,10-25,30-33H2,1-3H3,(H,60,69,70)/t44?,56-/m0/s1. The molecule has 3 aromatic carbocycles. The van der Waals surface area contributed by atoms with Gasteiger partial charge in [-0.1, -0.05) is 13.0 Å². The maximum absolute atomic E-state index is 17.3. The highest BCUT2D eigenvalue weighted by Gasteiger charge is 2.50. The number of fused-ring (bicyclic) bond motifs is 3. The highest BCUT2D eigenvalue weighted by molar-refractivity contribution is 6.14. The number of aromatic nitrogens is 3. The lowest BCUT2D eigenvalue weighted by Crippen LogP contribution is -2.56. The Labute approximate surface area is 424 Å². The molecule has 1 aliphatic carbocycles. The highest BCUT2D eigenvalue weighted by Crippen LogP contribution is 2.49. The molecule has 8 heterocycles. The first-order valence-corrected chi connectivity index (χ1v) is 26.5. The second-order valence-corrected chi connectivity index (χ2v) is 22.6. The zero-order valence-electron chi connectivity index (χ0n) is 42.2.